The molecule has 2 atom stereocenters. The normalized spacial score (nSPS) is 13.4. The monoisotopic (exact) mass is 459 g/mol. The Morgan fingerprint density at radius 3 is 2.33 bits per heavy atom. The summed E-state index contributed by atoms with van der Waals surface area (Å²) in [6, 6.07) is 6.27. The highest BCUT2D eigenvalue weighted by atomic mass is 19.1. The smallest absolute Gasteiger partial charge is 0.305 e. The van der Waals surface area contributed by atoms with Crippen LogP contribution in [0.15, 0.2) is 30.3 Å². The highest BCUT2D eigenvalue weighted by molar-refractivity contribution is 5.80. The summed E-state index contributed by atoms with van der Waals surface area (Å²) in [5, 5.41) is 29.1. The second kappa shape index (κ2) is 13.2. The molecule has 7 heteroatoms. The first-order valence-corrected chi connectivity index (χ1v) is 11.4. The van der Waals surface area contributed by atoms with E-state index in [2.05, 4.69) is 13.8 Å². The number of halogens is 1. The fourth-order valence-corrected chi connectivity index (χ4v) is 3.89. The summed E-state index contributed by atoms with van der Waals surface area (Å²) >= 11 is 0. The summed E-state index contributed by atoms with van der Waals surface area (Å²) in [4.78, 5) is 15.7. The van der Waals surface area contributed by atoms with E-state index in [1.807, 2.05) is 0 Å². The van der Waals surface area contributed by atoms with Gasteiger partial charge in [0.15, 0.2) is 0 Å². The number of aliphatic carboxylic acids is 1. The van der Waals surface area contributed by atoms with Gasteiger partial charge in [-0.2, -0.15) is 0 Å². The lowest BCUT2D eigenvalue weighted by atomic mass is 9.89. The van der Waals surface area contributed by atoms with Gasteiger partial charge in [-0.1, -0.05) is 51.0 Å². The molecule has 0 unspecified atom stereocenters. The van der Waals surface area contributed by atoms with Crippen LogP contribution in [0.5, 0.6) is 0 Å². The molecule has 0 saturated carbocycles. The maximum absolute atomic E-state index is 13.7. The maximum atomic E-state index is 13.7. The topological polar surface area (TPSA) is 99.9 Å². The second-order valence-corrected chi connectivity index (χ2v) is 8.13. The molecule has 0 spiro atoms. The summed E-state index contributed by atoms with van der Waals surface area (Å²) in [5.41, 5.74) is 5.24. The van der Waals surface area contributed by atoms with E-state index in [0.717, 1.165) is 59.3 Å². The summed E-state index contributed by atoms with van der Waals surface area (Å²) in [6.07, 6.45) is 3.88. The predicted octanol–water partition coefficient (Wildman–Crippen LogP) is 4.54. The number of carboxylic acids is 1. The molecule has 6 nitrogen and oxygen atoms in total. The average Bonchev–Trinajstić information content (AvgIpc) is 2.75. The van der Waals surface area contributed by atoms with Crippen molar-refractivity contribution in [1.29, 1.82) is 0 Å². The van der Waals surface area contributed by atoms with Crippen LogP contribution in [0, 0.1) is 5.82 Å². The van der Waals surface area contributed by atoms with Gasteiger partial charge in [0, 0.05) is 36.0 Å². The third kappa shape index (κ3) is 7.74. The quantitative estimate of drug-likeness (QED) is 0.407. The van der Waals surface area contributed by atoms with Crippen LogP contribution < -0.4 is 0 Å². The molecule has 0 amide bonds. The van der Waals surface area contributed by atoms with Gasteiger partial charge in [0.25, 0.3) is 0 Å². The number of hydrogen-bond acceptors (Lipinski definition) is 5. The number of aliphatic hydroxyl groups excluding tert-OH is 2. The zero-order chi connectivity index (χ0) is 24.4. The summed E-state index contributed by atoms with van der Waals surface area (Å²) in [6.45, 7) is 4.48. The minimum atomic E-state index is -1.15. The number of pyridine rings is 1. The number of hydrogen-bond donors (Lipinski definition) is 3. The predicted molar refractivity (Wildman–Crippen MR) is 126 cm³/mol. The standard InChI is InChI=1S/C26H34FNO5/c1-4-6-23-21(13-12-19(29)14-20(30)15-25(31)32)26(17-8-10-18(27)11-9-17)22(16-33-3)24(28-23)7-5-2/h8-13,19-20,29-30H,4-7,14-16H2,1-3H3,(H,31,32)/b13-12+/t19-,20-/m1/s1. The molecule has 0 radical (unpaired) electrons. The first-order valence-electron chi connectivity index (χ1n) is 11.4. The molecule has 2 aromatic rings. The van der Waals surface area contributed by atoms with E-state index in [1.165, 1.54) is 12.1 Å². The number of rotatable bonds is 13. The van der Waals surface area contributed by atoms with Gasteiger partial charge in [-0.05, 0) is 36.1 Å². The van der Waals surface area contributed by atoms with Crippen LogP contribution in [-0.2, 0) is 29.0 Å². The maximum Gasteiger partial charge on any atom is 0.305 e. The van der Waals surface area contributed by atoms with Gasteiger partial charge in [-0.3, -0.25) is 9.78 Å². The number of aliphatic hydroxyl groups is 2. The number of aryl methyl sites for hydroxylation is 2. The third-order valence-electron chi connectivity index (χ3n) is 5.30. The van der Waals surface area contributed by atoms with Crippen LogP contribution in [0.2, 0.25) is 0 Å². The average molecular weight is 460 g/mol. The Hall–Kier alpha value is -2.61. The molecule has 0 fully saturated rings. The van der Waals surface area contributed by atoms with E-state index in [0.29, 0.717) is 6.61 Å². The molecule has 1 aromatic heterocycles. The van der Waals surface area contributed by atoms with Crippen molar-refractivity contribution in [3.8, 4) is 11.1 Å². The first kappa shape index (κ1) is 26.6. The van der Waals surface area contributed by atoms with Crippen LogP contribution >= 0.6 is 0 Å². The van der Waals surface area contributed by atoms with E-state index in [-0.39, 0.29) is 12.2 Å². The molecule has 180 valence electrons. The van der Waals surface area contributed by atoms with Crippen molar-refractivity contribution in [2.45, 2.75) is 71.2 Å². The zero-order valence-electron chi connectivity index (χ0n) is 19.6. The van der Waals surface area contributed by atoms with E-state index in [1.54, 1.807) is 31.4 Å². The van der Waals surface area contributed by atoms with Crippen molar-refractivity contribution in [3.05, 3.63) is 58.7 Å². The number of ether oxygens (including phenoxy) is 1. The van der Waals surface area contributed by atoms with Crippen molar-refractivity contribution in [3.63, 3.8) is 0 Å². The van der Waals surface area contributed by atoms with E-state index in [9.17, 15) is 19.4 Å². The van der Waals surface area contributed by atoms with Crippen LogP contribution in [0.3, 0.4) is 0 Å². The Morgan fingerprint density at radius 2 is 1.76 bits per heavy atom. The summed E-state index contributed by atoms with van der Waals surface area (Å²) in [5.74, 6) is -1.45. The molecule has 0 aliphatic rings. The molecule has 2 rings (SSSR count). The molecule has 1 aromatic carbocycles. The largest absolute Gasteiger partial charge is 0.481 e. The molecule has 0 aliphatic heterocycles. The van der Waals surface area contributed by atoms with E-state index in [4.69, 9.17) is 14.8 Å². The Balaban J connectivity index is 2.63. The molecule has 0 aliphatic carbocycles. The minimum Gasteiger partial charge on any atom is -0.481 e. The number of carbonyl (C=O) groups is 1. The molecule has 0 saturated heterocycles. The van der Waals surface area contributed by atoms with Crippen molar-refractivity contribution in [2.75, 3.05) is 7.11 Å². The van der Waals surface area contributed by atoms with Gasteiger partial charge in [0.2, 0.25) is 0 Å². The number of carboxylic acid groups (broad SMARTS) is 1. The molecule has 0 bridgehead atoms. The van der Waals surface area contributed by atoms with Crippen molar-refractivity contribution in [2.24, 2.45) is 0 Å². The number of benzene rings is 1. The molecule has 33 heavy (non-hydrogen) atoms. The van der Waals surface area contributed by atoms with E-state index >= 15 is 0 Å². The van der Waals surface area contributed by atoms with Gasteiger partial charge in [-0.15, -0.1) is 0 Å². The fraction of sp³-hybridized carbons (Fsp3) is 0.462. The van der Waals surface area contributed by atoms with Crippen LogP contribution in [-0.4, -0.2) is 45.6 Å². The van der Waals surface area contributed by atoms with Gasteiger partial charge in [-0.25, -0.2) is 4.39 Å². The van der Waals surface area contributed by atoms with Crippen LogP contribution in [0.1, 0.15) is 62.0 Å². The lowest BCUT2D eigenvalue weighted by Crippen LogP contribution is -2.19. The van der Waals surface area contributed by atoms with E-state index < -0.39 is 24.6 Å². The lowest BCUT2D eigenvalue weighted by molar-refractivity contribution is -0.139. The number of aromatic nitrogens is 1. The first-order chi connectivity index (χ1) is 15.8. The van der Waals surface area contributed by atoms with Crippen molar-refractivity contribution in [1.82, 2.24) is 4.98 Å². The third-order valence-corrected chi connectivity index (χ3v) is 5.30. The Kier molecular flexibility index (Phi) is 10.6. The molecular weight excluding hydrogens is 425 g/mol. The Labute approximate surface area is 194 Å². The van der Waals surface area contributed by atoms with Crippen molar-refractivity contribution >= 4 is 12.0 Å². The van der Waals surface area contributed by atoms with Gasteiger partial charge < -0.3 is 20.1 Å². The SMILES string of the molecule is CCCc1nc(CCC)c(COC)c(-c2ccc(F)cc2)c1/C=C/[C@@H](O)C[C@@H](O)CC(=O)O. The molecular formula is C26H34FNO5. The second-order valence-electron chi connectivity index (χ2n) is 8.13. The summed E-state index contributed by atoms with van der Waals surface area (Å²) < 4.78 is 19.2. The van der Waals surface area contributed by atoms with Crippen LogP contribution in [0.25, 0.3) is 17.2 Å². The Morgan fingerprint density at radius 1 is 1.12 bits per heavy atom. The highest BCUT2D eigenvalue weighted by Gasteiger charge is 2.20. The van der Waals surface area contributed by atoms with Crippen LogP contribution in [0.4, 0.5) is 4.39 Å². The van der Waals surface area contributed by atoms with Gasteiger partial charge in [0.1, 0.15) is 5.82 Å². The molecule has 3 N–H and O–H groups in total. The van der Waals surface area contributed by atoms with Crippen molar-refractivity contribution < 1.29 is 29.2 Å². The zero-order valence-corrected chi connectivity index (χ0v) is 19.6. The van der Waals surface area contributed by atoms with Gasteiger partial charge >= 0.3 is 5.97 Å². The number of methoxy groups -OCH3 is 1. The molecule has 1 heterocycles. The van der Waals surface area contributed by atoms with Gasteiger partial charge in [0.05, 0.1) is 25.2 Å². The fourth-order valence-electron chi connectivity index (χ4n) is 3.89. The summed E-state index contributed by atoms with van der Waals surface area (Å²) in [7, 11) is 1.62. The minimum absolute atomic E-state index is 0.0932. The lowest BCUT2D eigenvalue weighted by Gasteiger charge is -2.21. The number of nitrogens with zero attached hydrogens (tertiary/aromatic N) is 1. The Bertz CT molecular complexity index is 943. The highest BCUT2D eigenvalue weighted by Crippen LogP contribution is 2.34.